The summed E-state index contributed by atoms with van der Waals surface area (Å²) in [6, 6.07) is 1.62. The lowest BCUT2D eigenvalue weighted by Gasteiger charge is -2.34. The molecule has 0 aromatic heterocycles. The fourth-order valence-corrected chi connectivity index (χ4v) is 2.05. The van der Waals surface area contributed by atoms with Crippen LogP contribution in [0, 0.1) is 0 Å². The summed E-state index contributed by atoms with van der Waals surface area (Å²) in [4.78, 5) is 23.5. The smallest absolute Gasteiger partial charge is 0.417 e. The van der Waals surface area contributed by atoms with Gasteiger partial charge in [0.15, 0.2) is 5.60 Å². The highest BCUT2D eigenvalue weighted by Crippen LogP contribution is 2.42. The van der Waals surface area contributed by atoms with E-state index in [-0.39, 0.29) is 17.9 Å². The number of halogens is 3. The van der Waals surface area contributed by atoms with E-state index in [0.29, 0.717) is 6.07 Å². The second-order valence-corrected chi connectivity index (χ2v) is 5.02. The van der Waals surface area contributed by atoms with Crippen molar-refractivity contribution in [3.8, 4) is 5.75 Å². The van der Waals surface area contributed by atoms with Crippen molar-refractivity contribution >= 4 is 17.6 Å². The van der Waals surface area contributed by atoms with Gasteiger partial charge in [-0.05, 0) is 25.5 Å². The van der Waals surface area contributed by atoms with Crippen LogP contribution in [0.4, 0.5) is 18.9 Å². The van der Waals surface area contributed by atoms with Crippen LogP contribution in [0.3, 0.4) is 0 Å². The zero-order valence-corrected chi connectivity index (χ0v) is 12.1. The molecule has 0 aliphatic carbocycles. The van der Waals surface area contributed by atoms with E-state index in [1.54, 1.807) is 6.92 Å². The first-order chi connectivity index (χ1) is 10.1. The molecule has 1 N–H and O–H groups in total. The monoisotopic (exact) mass is 317 g/mol. The Balaban J connectivity index is 2.62. The van der Waals surface area contributed by atoms with Crippen molar-refractivity contribution in [1.82, 2.24) is 0 Å². The fourth-order valence-electron chi connectivity index (χ4n) is 2.05. The lowest BCUT2D eigenvalue weighted by atomic mass is 9.98. The molecular formula is C14H14F3NO4. The highest BCUT2D eigenvalue weighted by Gasteiger charge is 2.42. The highest BCUT2D eigenvalue weighted by atomic mass is 19.4. The van der Waals surface area contributed by atoms with Crippen LogP contribution in [-0.4, -0.2) is 24.6 Å². The molecule has 22 heavy (non-hydrogen) atoms. The van der Waals surface area contributed by atoms with Gasteiger partial charge in [-0.25, -0.2) is 4.79 Å². The zero-order valence-electron chi connectivity index (χ0n) is 12.1. The summed E-state index contributed by atoms with van der Waals surface area (Å²) < 4.78 is 49.1. The number of anilines is 1. The Morgan fingerprint density at radius 2 is 2.05 bits per heavy atom. The summed E-state index contributed by atoms with van der Waals surface area (Å²) in [6.07, 6.45) is -4.48. The standard InChI is InChI=1S/C14H14F3NO4/c1-4-13(2)12(20)18-9-5-7(11(19)21-3)8(14(15,16)17)6-10(9)22-13/h5-6H,4H2,1-3H3,(H,18,20). The number of rotatable bonds is 2. The summed E-state index contributed by atoms with van der Waals surface area (Å²) >= 11 is 0. The Morgan fingerprint density at radius 3 is 2.55 bits per heavy atom. The molecule has 1 unspecified atom stereocenters. The molecule has 0 saturated heterocycles. The quantitative estimate of drug-likeness (QED) is 0.852. The van der Waals surface area contributed by atoms with Crippen molar-refractivity contribution in [2.45, 2.75) is 32.0 Å². The maximum atomic E-state index is 13.1. The molecule has 8 heteroatoms. The Labute approximate surface area is 124 Å². The number of ether oxygens (including phenoxy) is 2. The van der Waals surface area contributed by atoms with Gasteiger partial charge in [-0.15, -0.1) is 0 Å². The van der Waals surface area contributed by atoms with Crippen LogP contribution in [0.2, 0.25) is 0 Å². The number of hydrogen-bond acceptors (Lipinski definition) is 4. The minimum Gasteiger partial charge on any atom is -0.476 e. The van der Waals surface area contributed by atoms with Gasteiger partial charge in [-0.3, -0.25) is 4.79 Å². The molecule has 5 nitrogen and oxygen atoms in total. The van der Waals surface area contributed by atoms with Gasteiger partial charge in [0.05, 0.1) is 23.9 Å². The number of carbonyl (C=O) groups is 2. The third kappa shape index (κ3) is 2.60. The molecule has 1 aromatic rings. The van der Waals surface area contributed by atoms with Gasteiger partial charge >= 0.3 is 12.1 Å². The highest BCUT2D eigenvalue weighted by molar-refractivity contribution is 6.02. The van der Waals surface area contributed by atoms with Crippen molar-refractivity contribution in [2.24, 2.45) is 0 Å². The third-order valence-corrected chi connectivity index (χ3v) is 3.57. The van der Waals surface area contributed by atoms with E-state index in [1.165, 1.54) is 6.92 Å². The minimum absolute atomic E-state index is 0.00400. The summed E-state index contributed by atoms with van der Waals surface area (Å²) in [7, 11) is 0.977. The molecule has 1 aromatic carbocycles. The summed E-state index contributed by atoms with van der Waals surface area (Å²) in [6.45, 7) is 3.16. The predicted molar refractivity (Wildman–Crippen MR) is 70.7 cm³/mol. The number of hydrogen-bond donors (Lipinski definition) is 1. The molecule has 0 saturated carbocycles. The molecule has 0 radical (unpaired) electrons. The number of fused-ring (bicyclic) bond motifs is 1. The number of carbonyl (C=O) groups excluding carboxylic acids is 2. The summed E-state index contributed by atoms with van der Waals surface area (Å²) in [5.41, 5.74) is -3.11. The van der Waals surface area contributed by atoms with Gasteiger partial charge in [0.2, 0.25) is 0 Å². The first kappa shape index (κ1) is 16.1. The van der Waals surface area contributed by atoms with Crippen molar-refractivity contribution < 1.29 is 32.2 Å². The minimum atomic E-state index is -4.76. The predicted octanol–water partition coefficient (Wildman–Crippen LogP) is 2.99. The van der Waals surface area contributed by atoms with Crippen molar-refractivity contribution in [1.29, 1.82) is 0 Å². The first-order valence-electron chi connectivity index (χ1n) is 6.46. The number of benzene rings is 1. The Bertz CT molecular complexity index is 642. The van der Waals surface area contributed by atoms with Gasteiger partial charge in [0.1, 0.15) is 5.75 Å². The van der Waals surface area contributed by atoms with Crippen LogP contribution in [-0.2, 0) is 15.7 Å². The second kappa shape index (κ2) is 5.19. The Hall–Kier alpha value is -2.25. The van der Waals surface area contributed by atoms with Crippen LogP contribution in [0.25, 0.3) is 0 Å². The fraction of sp³-hybridized carbons (Fsp3) is 0.429. The van der Waals surface area contributed by atoms with Crippen LogP contribution in [0.15, 0.2) is 12.1 Å². The van der Waals surface area contributed by atoms with E-state index < -0.39 is 34.8 Å². The molecule has 1 amide bonds. The number of methoxy groups -OCH3 is 1. The topological polar surface area (TPSA) is 64.6 Å². The van der Waals surface area contributed by atoms with Gasteiger partial charge in [-0.2, -0.15) is 13.2 Å². The maximum Gasteiger partial charge on any atom is 0.417 e. The molecule has 120 valence electrons. The summed E-state index contributed by atoms with van der Waals surface area (Å²) in [5.74, 6) is -1.77. The van der Waals surface area contributed by atoms with Crippen LogP contribution < -0.4 is 10.1 Å². The van der Waals surface area contributed by atoms with E-state index in [9.17, 15) is 22.8 Å². The van der Waals surface area contributed by atoms with E-state index in [4.69, 9.17) is 4.74 Å². The molecule has 2 rings (SSSR count). The van der Waals surface area contributed by atoms with E-state index in [1.807, 2.05) is 0 Å². The molecule has 0 spiro atoms. The molecule has 1 heterocycles. The average molecular weight is 317 g/mol. The zero-order chi connectivity index (χ0) is 16.7. The average Bonchev–Trinajstić information content (AvgIpc) is 2.45. The van der Waals surface area contributed by atoms with Crippen molar-refractivity contribution in [3.63, 3.8) is 0 Å². The van der Waals surface area contributed by atoms with E-state index >= 15 is 0 Å². The molecule has 1 atom stereocenters. The first-order valence-corrected chi connectivity index (χ1v) is 6.46. The van der Waals surface area contributed by atoms with Gasteiger partial charge in [0.25, 0.3) is 5.91 Å². The normalized spacial score (nSPS) is 20.7. The number of esters is 1. The molecule has 0 fully saturated rings. The number of amides is 1. The second-order valence-electron chi connectivity index (χ2n) is 5.02. The van der Waals surface area contributed by atoms with Gasteiger partial charge in [-0.1, -0.05) is 6.92 Å². The lowest BCUT2D eigenvalue weighted by molar-refractivity contribution is -0.138. The maximum absolute atomic E-state index is 13.1. The van der Waals surface area contributed by atoms with Crippen molar-refractivity contribution in [2.75, 3.05) is 12.4 Å². The van der Waals surface area contributed by atoms with Crippen LogP contribution in [0.1, 0.15) is 36.2 Å². The lowest BCUT2D eigenvalue weighted by Crippen LogP contribution is -2.48. The molecular weight excluding hydrogens is 303 g/mol. The number of alkyl halides is 3. The van der Waals surface area contributed by atoms with Crippen LogP contribution >= 0.6 is 0 Å². The molecule has 1 aliphatic heterocycles. The molecule has 1 aliphatic rings. The third-order valence-electron chi connectivity index (χ3n) is 3.57. The van der Waals surface area contributed by atoms with Gasteiger partial charge in [0, 0.05) is 0 Å². The number of nitrogens with one attached hydrogen (secondary N) is 1. The Morgan fingerprint density at radius 1 is 1.41 bits per heavy atom. The molecule has 0 bridgehead atoms. The Kier molecular flexibility index (Phi) is 3.80. The van der Waals surface area contributed by atoms with E-state index in [2.05, 4.69) is 10.1 Å². The van der Waals surface area contributed by atoms with E-state index in [0.717, 1.165) is 13.2 Å². The SMILES string of the molecule is CCC1(C)Oc2cc(C(F)(F)F)c(C(=O)OC)cc2NC1=O. The van der Waals surface area contributed by atoms with Gasteiger partial charge < -0.3 is 14.8 Å². The van der Waals surface area contributed by atoms with Crippen molar-refractivity contribution in [3.05, 3.63) is 23.3 Å². The largest absolute Gasteiger partial charge is 0.476 e. The van der Waals surface area contributed by atoms with Crippen LogP contribution in [0.5, 0.6) is 5.75 Å². The summed E-state index contributed by atoms with van der Waals surface area (Å²) in [5, 5.41) is 2.46.